The molecule has 0 amide bonds. The third kappa shape index (κ3) is 6.40. The van der Waals surface area contributed by atoms with Crippen molar-refractivity contribution in [3.63, 3.8) is 0 Å². The van der Waals surface area contributed by atoms with Crippen LogP contribution in [0.5, 0.6) is 0 Å². The summed E-state index contributed by atoms with van der Waals surface area (Å²) < 4.78 is 0. The highest BCUT2D eigenvalue weighted by Crippen LogP contribution is 2.16. The van der Waals surface area contributed by atoms with Gasteiger partial charge in [-0.15, -0.1) is 12.4 Å². The van der Waals surface area contributed by atoms with Gasteiger partial charge in [0.25, 0.3) is 0 Å². The molecule has 0 saturated carbocycles. The van der Waals surface area contributed by atoms with E-state index in [1.165, 1.54) is 0 Å². The number of benzene rings is 2. The van der Waals surface area contributed by atoms with Crippen molar-refractivity contribution in [3.05, 3.63) is 64.1 Å². The van der Waals surface area contributed by atoms with Crippen LogP contribution in [0.2, 0.25) is 10.0 Å². The summed E-state index contributed by atoms with van der Waals surface area (Å²) in [6.07, 6.45) is 1.79. The van der Waals surface area contributed by atoms with Gasteiger partial charge >= 0.3 is 0 Å². The fourth-order valence-electron chi connectivity index (χ4n) is 1.95. The van der Waals surface area contributed by atoms with Crippen LogP contribution in [-0.4, -0.2) is 11.7 Å². The number of guanidine groups is 1. The van der Waals surface area contributed by atoms with Crippen LogP contribution in [0.25, 0.3) is 0 Å². The number of halogens is 3. The lowest BCUT2D eigenvalue weighted by atomic mass is 10.1. The zero-order valence-corrected chi connectivity index (χ0v) is 15.5. The molecule has 0 aliphatic carbocycles. The molecule has 0 atom stereocenters. The van der Waals surface area contributed by atoms with Gasteiger partial charge in [-0.25, -0.2) is 10.4 Å². The largest absolute Gasteiger partial charge is 0.368 e. The van der Waals surface area contributed by atoms with Gasteiger partial charge in [-0.3, -0.25) is 0 Å². The summed E-state index contributed by atoms with van der Waals surface area (Å²) in [5.74, 6) is 0.217. The van der Waals surface area contributed by atoms with E-state index in [0.29, 0.717) is 15.7 Å². The van der Waals surface area contributed by atoms with Gasteiger partial charge in [-0.05, 0) is 48.4 Å². The fourth-order valence-corrected chi connectivity index (χ4v) is 2.20. The second-order valence-corrected chi connectivity index (χ2v) is 5.77. The molecule has 7 heteroatoms. The standard InChI is InChI=1S/C17H18Cl2N4.ClH/c1-2-3-16(12-4-6-13(18)7-5-12)22-23-17(20)21-15-10-8-14(19)9-11-15;/h4-11H,2-3H2,1H3,(H3,20,21,23);1H/b22-16+;. The van der Waals surface area contributed by atoms with E-state index < -0.39 is 0 Å². The lowest BCUT2D eigenvalue weighted by Gasteiger charge is -2.07. The Bertz CT molecular complexity index is 695. The molecule has 0 radical (unpaired) electrons. The molecule has 2 aromatic carbocycles. The summed E-state index contributed by atoms with van der Waals surface area (Å²) in [4.78, 5) is 4.24. The Balaban J connectivity index is 0.00000288. The molecule has 3 N–H and O–H groups in total. The first kappa shape index (κ1) is 20.3. The van der Waals surface area contributed by atoms with Crippen molar-refractivity contribution in [2.75, 3.05) is 0 Å². The molecular weight excluding hydrogens is 367 g/mol. The number of rotatable bonds is 5. The number of nitrogens with two attached hydrogens (primary N) is 1. The predicted octanol–water partition coefficient (Wildman–Crippen LogP) is 5.16. The molecule has 0 spiro atoms. The second kappa shape index (κ2) is 10.2. The van der Waals surface area contributed by atoms with Crippen LogP contribution < -0.4 is 11.2 Å². The van der Waals surface area contributed by atoms with Crippen molar-refractivity contribution >= 4 is 53.0 Å². The number of hydrogen-bond acceptors (Lipinski definition) is 2. The zero-order chi connectivity index (χ0) is 16.7. The summed E-state index contributed by atoms with van der Waals surface area (Å²) >= 11 is 11.8. The maximum Gasteiger partial charge on any atom is 0.214 e. The molecule has 0 aromatic heterocycles. The highest BCUT2D eigenvalue weighted by Gasteiger charge is 2.03. The molecular formula is C17H19Cl3N4. The highest BCUT2D eigenvalue weighted by molar-refractivity contribution is 6.31. The molecule has 0 aliphatic rings. The number of hydrazone groups is 1. The van der Waals surface area contributed by atoms with Crippen molar-refractivity contribution < 1.29 is 0 Å². The molecule has 0 aliphatic heterocycles. The SMILES string of the molecule is CCC/C(=N\NC(N)=Nc1ccc(Cl)cc1)c1ccc(Cl)cc1.Cl. The average molecular weight is 386 g/mol. The van der Waals surface area contributed by atoms with E-state index in [4.69, 9.17) is 28.9 Å². The molecule has 2 rings (SSSR count). The molecule has 0 heterocycles. The maximum absolute atomic E-state index is 5.92. The fraction of sp³-hybridized carbons (Fsp3) is 0.176. The Morgan fingerprint density at radius 3 is 2.08 bits per heavy atom. The minimum Gasteiger partial charge on any atom is -0.368 e. The summed E-state index contributed by atoms with van der Waals surface area (Å²) in [6, 6.07) is 14.6. The third-order valence-electron chi connectivity index (χ3n) is 3.05. The number of nitrogens with one attached hydrogen (secondary N) is 1. The minimum absolute atomic E-state index is 0. The van der Waals surface area contributed by atoms with E-state index in [9.17, 15) is 0 Å². The van der Waals surface area contributed by atoms with E-state index in [2.05, 4.69) is 22.4 Å². The van der Waals surface area contributed by atoms with Gasteiger partial charge in [0.1, 0.15) is 0 Å². The van der Waals surface area contributed by atoms with Crippen LogP contribution >= 0.6 is 35.6 Å². The summed E-state index contributed by atoms with van der Waals surface area (Å²) in [5.41, 5.74) is 11.3. The van der Waals surface area contributed by atoms with E-state index in [0.717, 1.165) is 24.1 Å². The molecule has 4 nitrogen and oxygen atoms in total. The van der Waals surface area contributed by atoms with Crippen LogP contribution in [0.3, 0.4) is 0 Å². The average Bonchev–Trinajstić information content (AvgIpc) is 2.54. The Hall–Kier alpha value is -1.75. The van der Waals surface area contributed by atoms with Crippen LogP contribution in [0.1, 0.15) is 25.3 Å². The smallest absolute Gasteiger partial charge is 0.214 e. The van der Waals surface area contributed by atoms with Crippen LogP contribution in [0.4, 0.5) is 5.69 Å². The highest BCUT2D eigenvalue weighted by atomic mass is 35.5. The van der Waals surface area contributed by atoms with Gasteiger partial charge in [-0.1, -0.05) is 48.7 Å². The maximum atomic E-state index is 5.92. The van der Waals surface area contributed by atoms with E-state index in [1.807, 2.05) is 24.3 Å². The Morgan fingerprint density at radius 2 is 1.54 bits per heavy atom. The Morgan fingerprint density at radius 1 is 1.00 bits per heavy atom. The number of nitrogens with zero attached hydrogens (tertiary/aromatic N) is 2. The molecule has 0 saturated heterocycles. The van der Waals surface area contributed by atoms with E-state index >= 15 is 0 Å². The Kier molecular flexibility index (Phi) is 8.61. The minimum atomic E-state index is 0. The van der Waals surface area contributed by atoms with Crippen molar-refractivity contribution in [2.45, 2.75) is 19.8 Å². The molecule has 24 heavy (non-hydrogen) atoms. The second-order valence-electron chi connectivity index (χ2n) is 4.90. The van der Waals surface area contributed by atoms with Crippen molar-refractivity contribution in [3.8, 4) is 0 Å². The first-order valence-corrected chi connectivity index (χ1v) is 8.02. The third-order valence-corrected chi connectivity index (χ3v) is 3.55. The van der Waals surface area contributed by atoms with Gasteiger partial charge in [-0.2, -0.15) is 5.10 Å². The molecule has 0 fully saturated rings. The molecule has 0 bridgehead atoms. The first-order valence-electron chi connectivity index (χ1n) is 7.26. The van der Waals surface area contributed by atoms with E-state index in [-0.39, 0.29) is 18.4 Å². The summed E-state index contributed by atoms with van der Waals surface area (Å²) in [6.45, 7) is 2.09. The monoisotopic (exact) mass is 384 g/mol. The van der Waals surface area contributed by atoms with Crippen LogP contribution in [0, 0.1) is 0 Å². The molecule has 128 valence electrons. The van der Waals surface area contributed by atoms with E-state index in [1.54, 1.807) is 24.3 Å². The lowest BCUT2D eigenvalue weighted by Crippen LogP contribution is -2.28. The predicted molar refractivity (Wildman–Crippen MR) is 106 cm³/mol. The van der Waals surface area contributed by atoms with Crippen molar-refractivity contribution in [1.29, 1.82) is 0 Å². The van der Waals surface area contributed by atoms with Crippen molar-refractivity contribution in [2.24, 2.45) is 15.8 Å². The Labute approximate surface area is 158 Å². The van der Waals surface area contributed by atoms with Gasteiger partial charge in [0, 0.05) is 10.0 Å². The van der Waals surface area contributed by atoms with Gasteiger partial charge in [0.2, 0.25) is 5.96 Å². The molecule has 2 aromatic rings. The summed E-state index contributed by atoms with van der Waals surface area (Å²) in [7, 11) is 0. The normalized spacial score (nSPS) is 11.8. The lowest BCUT2D eigenvalue weighted by molar-refractivity contribution is 0.943. The van der Waals surface area contributed by atoms with Gasteiger partial charge in [0.05, 0.1) is 11.4 Å². The van der Waals surface area contributed by atoms with Crippen LogP contribution in [0.15, 0.2) is 58.6 Å². The summed E-state index contributed by atoms with van der Waals surface area (Å²) in [5, 5.41) is 5.72. The van der Waals surface area contributed by atoms with Gasteiger partial charge in [0.15, 0.2) is 0 Å². The number of hydrogen-bond donors (Lipinski definition) is 2. The van der Waals surface area contributed by atoms with Gasteiger partial charge < -0.3 is 5.73 Å². The zero-order valence-electron chi connectivity index (χ0n) is 13.2. The topological polar surface area (TPSA) is 62.8 Å². The molecule has 0 unspecified atom stereocenters. The first-order chi connectivity index (χ1) is 11.1. The quantitative estimate of drug-likeness (QED) is 0.424. The van der Waals surface area contributed by atoms with Crippen molar-refractivity contribution in [1.82, 2.24) is 5.43 Å². The number of aliphatic imine (C=N–C) groups is 1. The van der Waals surface area contributed by atoms with Crippen LogP contribution in [-0.2, 0) is 0 Å².